The van der Waals surface area contributed by atoms with Gasteiger partial charge in [-0.25, -0.2) is 4.98 Å². The molecule has 0 bridgehead atoms. The Morgan fingerprint density at radius 2 is 2.27 bits per heavy atom. The molecule has 0 spiro atoms. The van der Waals surface area contributed by atoms with Crippen molar-refractivity contribution in [1.29, 1.82) is 0 Å². The first-order valence-corrected chi connectivity index (χ1v) is 4.98. The van der Waals surface area contributed by atoms with Gasteiger partial charge in [-0.3, -0.25) is 0 Å². The van der Waals surface area contributed by atoms with Crippen LogP contribution >= 0.6 is 0 Å². The van der Waals surface area contributed by atoms with Crippen LogP contribution in [0.1, 0.15) is 5.82 Å². The van der Waals surface area contributed by atoms with Crippen molar-refractivity contribution in [3.63, 3.8) is 0 Å². The van der Waals surface area contributed by atoms with Crippen molar-refractivity contribution in [3.05, 3.63) is 24.0 Å². The number of nitrogens with zero attached hydrogens (tertiary/aromatic N) is 2. The van der Waals surface area contributed by atoms with Gasteiger partial charge in [0.15, 0.2) is 0 Å². The number of ether oxygens (including phenoxy) is 1. The third-order valence-electron chi connectivity index (χ3n) is 2.51. The summed E-state index contributed by atoms with van der Waals surface area (Å²) in [4.78, 5) is 4.48. The van der Waals surface area contributed by atoms with Gasteiger partial charge >= 0.3 is 0 Å². The predicted octanol–water partition coefficient (Wildman–Crippen LogP) is 1.31. The summed E-state index contributed by atoms with van der Waals surface area (Å²) < 4.78 is 7.38. The van der Waals surface area contributed by atoms with Gasteiger partial charge in [0, 0.05) is 13.1 Å². The highest BCUT2D eigenvalue weighted by atomic mass is 16.5. The quantitative estimate of drug-likeness (QED) is 0.822. The first-order chi connectivity index (χ1) is 7.27. The molecular weight excluding hydrogens is 190 g/mol. The highest BCUT2D eigenvalue weighted by Gasteiger charge is 2.09. The summed E-state index contributed by atoms with van der Waals surface area (Å²) >= 11 is 0. The summed E-state index contributed by atoms with van der Waals surface area (Å²) in [5.41, 5.74) is 7.56. The number of fused-ring (bicyclic) bond motifs is 1. The molecule has 1 heterocycles. The zero-order valence-corrected chi connectivity index (χ0v) is 9.03. The molecule has 15 heavy (non-hydrogen) atoms. The molecule has 4 nitrogen and oxygen atoms in total. The van der Waals surface area contributed by atoms with Crippen molar-refractivity contribution >= 4 is 11.0 Å². The lowest BCUT2D eigenvalue weighted by Crippen LogP contribution is -2.10. The number of aromatic nitrogens is 2. The van der Waals surface area contributed by atoms with Gasteiger partial charge in [0.1, 0.15) is 17.1 Å². The van der Waals surface area contributed by atoms with Crippen molar-refractivity contribution in [1.82, 2.24) is 9.55 Å². The van der Waals surface area contributed by atoms with E-state index in [2.05, 4.69) is 9.55 Å². The number of methoxy groups -OCH3 is 1. The van der Waals surface area contributed by atoms with Crippen LogP contribution in [-0.4, -0.2) is 23.2 Å². The van der Waals surface area contributed by atoms with Crippen molar-refractivity contribution in [2.75, 3.05) is 13.7 Å². The normalized spacial score (nSPS) is 10.9. The average molecular weight is 205 g/mol. The van der Waals surface area contributed by atoms with Crippen LogP contribution < -0.4 is 10.5 Å². The third-order valence-corrected chi connectivity index (χ3v) is 2.51. The standard InChI is InChI=1S/C11H15N3O/c1-8-13-11-9(14(8)7-6-12)4-3-5-10(11)15-2/h3-5H,6-7,12H2,1-2H3. The fraction of sp³-hybridized carbons (Fsp3) is 0.364. The molecule has 0 amide bonds. The maximum absolute atomic E-state index is 5.57. The SMILES string of the molecule is COc1cccc2c1nc(C)n2CCN. The van der Waals surface area contributed by atoms with Crippen LogP contribution in [0.2, 0.25) is 0 Å². The van der Waals surface area contributed by atoms with E-state index in [-0.39, 0.29) is 0 Å². The Hall–Kier alpha value is -1.55. The average Bonchev–Trinajstić information content (AvgIpc) is 2.56. The minimum Gasteiger partial charge on any atom is -0.494 e. The Labute approximate surface area is 88.7 Å². The molecule has 0 atom stereocenters. The van der Waals surface area contributed by atoms with Gasteiger partial charge in [-0.15, -0.1) is 0 Å². The number of nitrogens with two attached hydrogens (primary N) is 1. The van der Waals surface area contributed by atoms with E-state index < -0.39 is 0 Å². The lowest BCUT2D eigenvalue weighted by Gasteiger charge is -2.04. The second kappa shape index (κ2) is 3.90. The summed E-state index contributed by atoms with van der Waals surface area (Å²) in [6.07, 6.45) is 0. The maximum Gasteiger partial charge on any atom is 0.146 e. The lowest BCUT2D eigenvalue weighted by atomic mass is 10.3. The summed E-state index contributed by atoms with van der Waals surface area (Å²) in [5, 5.41) is 0. The first-order valence-electron chi connectivity index (χ1n) is 4.98. The Morgan fingerprint density at radius 3 is 2.93 bits per heavy atom. The molecule has 2 N–H and O–H groups in total. The van der Waals surface area contributed by atoms with Crippen LogP contribution in [0.3, 0.4) is 0 Å². The molecule has 0 saturated carbocycles. The van der Waals surface area contributed by atoms with E-state index in [1.165, 1.54) is 0 Å². The van der Waals surface area contributed by atoms with Gasteiger partial charge in [-0.1, -0.05) is 6.07 Å². The molecule has 1 aromatic carbocycles. The molecule has 1 aromatic heterocycles. The van der Waals surface area contributed by atoms with Gasteiger partial charge in [-0.05, 0) is 19.1 Å². The first kappa shape index (κ1) is 9.98. The molecule has 0 radical (unpaired) electrons. The monoisotopic (exact) mass is 205 g/mol. The van der Waals surface area contributed by atoms with Crippen LogP contribution in [0, 0.1) is 6.92 Å². The molecule has 0 saturated heterocycles. The number of rotatable bonds is 3. The molecule has 4 heteroatoms. The second-order valence-electron chi connectivity index (χ2n) is 3.43. The van der Waals surface area contributed by atoms with Gasteiger partial charge in [0.25, 0.3) is 0 Å². The van der Waals surface area contributed by atoms with E-state index in [0.29, 0.717) is 6.54 Å². The third kappa shape index (κ3) is 1.57. The second-order valence-corrected chi connectivity index (χ2v) is 3.43. The Morgan fingerprint density at radius 1 is 1.47 bits per heavy atom. The van der Waals surface area contributed by atoms with Crippen LogP contribution in [-0.2, 0) is 6.54 Å². The van der Waals surface area contributed by atoms with Crippen LogP contribution in [0.15, 0.2) is 18.2 Å². The lowest BCUT2D eigenvalue weighted by molar-refractivity contribution is 0.419. The van der Waals surface area contributed by atoms with E-state index >= 15 is 0 Å². The minimum absolute atomic E-state index is 0.615. The number of para-hydroxylation sites is 1. The minimum atomic E-state index is 0.615. The largest absolute Gasteiger partial charge is 0.494 e. The van der Waals surface area contributed by atoms with Crippen LogP contribution in [0.5, 0.6) is 5.75 Å². The summed E-state index contributed by atoms with van der Waals surface area (Å²) in [6, 6.07) is 5.92. The zero-order valence-electron chi connectivity index (χ0n) is 9.03. The van der Waals surface area contributed by atoms with Gasteiger partial charge < -0.3 is 15.0 Å². The molecule has 2 aromatic rings. The molecule has 80 valence electrons. The van der Waals surface area contributed by atoms with E-state index in [1.54, 1.807) is 7.11 Å². The molecule has 0 aliphatic carbocycles. The van der Waals surface area contributed by atoms with E-state index in [0.717, 1.165) is 29.2 Å². The number of aryl methyl sites for hydroxylation is 1. The van der Waals surface area contributed by atoms with Gasteiger partial charge in [0.05, 0.1) is 12.6 Å². The smallest absolute Gasteiger partial charge is 0.146 e. The molecule has 0 aliphatic heterocycles. The van der Waals surface area contributed by atoms with Crippen molar-refractivity contribution in [2.45, 2.75) is 13.5 Å². The Balaban J connectivity index is 2.67. The van der Waals surface area contributed by atoms with Gasteiger partial charge in [0.2, 0.25) is 0 Å². The highest BCUT2D eigenvalue weighted by Crippen LogP contribution is 2.25. The number of hydrogen-bond acceptors (Lipinski definition) is 3. The fourth-order valence-electron chi connectivity index (χ4n) is 1.81. The number of benzene rings is 1. The maximum atomic E-state index is 5.57. The number of imidazole rings is 1. The summed E-state index contributed by atoms with van der Waals surface area (Å²) in [7, 11) is 1.66. The van der Waals surface area contributed by atoms with Crippen LogP contribution in [0.4, 0.5) is 0 Å². The van der Waals surface area contributed by atoms with E-state index in [9.17, 15) is 0 Å². The van der Waals surface area contributed by atoms with Gasteiger partial charge in [-0.2, -0.15) is 0 Å². The number of hydrogen-bond donors (Lipinski definition) is 1. The van der Waals surface area contributed by atoms with E-state index in [4.69, 9.17) is 10.5 Å². The van der Waals surface area contributed by atoms with Crippen molar-refractivity contribution in [2.24, 2.45) is 5.73 Å². The topological polar surface area (TPSA) is 53.1 Å². The molecule has 0 unspecified atom stereocenters. The van der Waals surface area contributed by atoms with Crippen LogP contribution in [0.25, 0.3) is 11.0 Å². The Kier molecular flexibility index (Phi) is 2.60. The zero-order chi connectivity index (χ0) is 10.8. The molecule has 2 rings (SSSR count). The molecular formula is C11H15N3O. The van der Waals surface area contributed by atoms with Crippen molar-refractivity contribution < 1.29 is 4.74 Å². The van der Waals surface area contributed by atoms with E-state index in [1.807, 2.05) is 25.1 Å². The molecule has 0 fully saturated rings. The molecule has 0 aliphatic rings. The van der Waals surface area contributed by atoms with Crippen molar-refractivity contribution in [3.8, 4) is 5.75 Å². The predicted molar refractivity (Wildman–Crippen MR) is 60.1 cm³/mol. The summed E-state index contributed by atoms with van der Waals surface area (Å²) in [5.74, 6) is 1.78. The highest BCUT2D eigenvalue weighted by molar-refractivity contribution is 5.82. The Bertz CT molecular complexity index is 476. The summed E-state index contributed by atoms with van der Waals surface area (Å²) in [6.45, 7) is 3.38. The fourth-order valence-corrected chi connectivity index (χ4v) is 1.81.